The summed E-state index contributed by atoms with van der Waals surface area (Å²) in [5.74, 6) is 0.788. The SMILES string of the molecule is O=c1c2c3c(sc2ncn1C1Cc2ccccc2C1)CC(NCc1cc(-c2ccccc2)on1)CC3. The van der Waals surface area contributed by atoms with Crippen LogP contribution in [0.25, 0.3) is 21.5 Å². The van der Waals surface area contributed by atoms with Gasteiger partial charge in [0.05, 0.1) is 17.4 Å². The first-order valence-electron chi connectivity index (χ1n) is 12.6. The van der Waals surface area contributed by atoms with Crippen molar-refractivity contribution in [3.05, 3.63) is 105 Å². The van der Waals surface area contributed by atoms with E-state index in [1.165, 1.54) is 21.6 Å². The van der Waals surface area contributed by atoms with Crippen molar-refractivity contribution in [3.63, 3.8) is 0 Å². The van der Waals surface area contributed by atoms with Gasteiger partial charge in [-0.2, -0.15) is 0 Å². The van der Waals surface area contributed by atoms with E-state index in [0.29, 0.717) is 12.6 Å². The number of nitrogens with zero attached hydrogens (tertiary/aromatic N) is 3. The third-order valence-electron chi connectivity index (χ3n) is 7.61. The minimum absolute atomic E-state index is 0.123. The fourth-order valence-electron chi connectivity index (χ4n) is 5.73. The molecule has 6 nitrogen and oxygen atoms in total. The molecule has 0 aliphatic heterocycles. The highest BCUT2D eigenvalue weighted by molar-refractivity contribution is 7.18. The lowest BCUT2D eigenvalue weighted by Crippen LogP contribution is -2.34. The maximum Gasteiger partial charge on any atom is 0.262 e. The van der Waals surface area contributed by atoms with Gasteiger partial charge in [0.2, 0.25) is 0 Å². The zero-order chi connectivity index (χ0) is 24.1. The standard InChI is InChI=1S/C29H26N4O2S/c34-29-27-24-11-10-21(30-16-22-14-25(35-32-22)18-6-2-1-3-7-18)15-26(24)36-28(27)31-17-33(29)23-12-19-8-4-5-9-20(19)13-23/h1-9,14,17,21,23,30H,10-13,15-16H2. The maximum atomic E-state index is 13.6. The Hall–Kier alpha value is -3.55. The molecule has 0 saturated heterocycles. The summed E-state index contributed by atoms with van der Waals surface area (Å²) in [7, 11) is 0. The second-order valence-corrected chi connectivity index (χ2v) is 10.9. The van der Waals surface area contributed by atoms with E-state index in [9.17, 15) is 4.79 Å². The molecule has 180 valence electrons. The Labute approximate surface area is 212 Å². The summed E-state index contributed by atoms with van der Waals surface area (Å²) < 4.78 is 7.42. The van der Waals surface area contributed by atoms with Gasteiger partial charge >= 0.3 is 0 Å². The van der Waals surface area contributed by atoms with Crippen LogP contribution in [0, 0.1) is 0 Å². The Balaban J connectivity index is 1.08. The predicted molar refractivity (Wildman–Crippen MR) is 141 cm³/mol. The molecule has 1 N–H and O–H groups in total. The minimum Gasteiger partial charge on any atom is -0.356 e. The number of aryl methyl sites for hydroxylation is 1. The van der Waals surface area contributed by atoms with Gasteiger partial charge in [0.25, 0.3) is 5.56 Å². The van der Waals surface area contributed by atoms with Gasteiger partial charge in [0.1, 0.15) is 4.83 Å². The van der Waals surface area contributed by atoms with Crippen LogP contribution in [0.5, 0.6) is 0 Å². The first-order valence-corrected chi connectivity index (χ1v) is 13.4. The second kappa shape index (κ2) is 8.84. The number of fused-ring (bicyclic) bond motifs is 4. The maximum absolute atomic E-state index is 13.6. The zero-order valence-corrected chi connectivity index (χ0v) is 20.6. The lowest BCUT2D eigenvalue weighted by atomic mass is 9.93. The van der Waals surface area contributed by atoms with E-state index in [2.05, 4.69) is 34.7 Å². The number of aromatic nitrogens is 3. The lowest BCUT2D eigenvalue weighted by molar-refractivity contribution is 0.408. The quantitative estimate of drug-likeness (QED) is 0.368. The van der Waals surface area contributed by atoms with E-state index >= 15 is 0 Å². The highest BCUT2D eigenvalue weighted by atomic mass is 32.1. The van der Waals surface area contributed by atoms with E-state index in [-0.39, 0.29) is 11.6 Å². The van der Waals surface area contributed by atoms with E-state index in [0.717, 1.165) is 59.3 Å². The van der Waals surface area contributed by atoms with Crippen LogP contribution in [0.1, 0.15) is 39.7 Å². The van der Waals surface area contributed by atoms with Crippen LogP contribution in [0.3, 0.4) is 0 Å². The summed E-state index contributed by atoms with van der Waals surface area (Å²) in [6.45, 7) is 0.661. The van der Waals surface area contributed by atoms with Gasteiger partial charge < -0.3 is 9.84 Å². The third kappa shape index (κ3) is 3.79. The summed E-state index contributed by atoms with van der Waals surface area (Å²) in [6.07, 6.45) is 6.37. The van der Waals surface area contributed by atoms with Crippen LogP contribution < -0.4 is 10.9 Å². The van der Waals surface area contributed by atoms with E-state index in [1.54, 1.807) is 17.7 Å². The molecule has 1 unspecified atom stereocenters. The van der Waals surface area contributed by atoms with Gasteiger partial charge in [0.15, 0.2) is 5.76 Å². The molecule has 3 aromatic heterocycles. The average molecular weight is 495 g/mol. The fraction of sp³-hybridized carbons (Fsp3) is 0.276. The molecule has 2 aliphatic rings. The molecule has 2 aliphatic carbocycles. The van der Waals surface area contributed by atoms with Gasteiger partial charge in [-0.15, -0.1) is 11.3 Å². The topological polar surface area (TPSA) is 73.0 Å². The minimum atomic E-state index is 0.123. The van der Waals surface area contributed by atoms with Gasteiger partial charge in [-0.1, -0.05) is 59.8 Å². The van der Waals surface area contributed by atoms with Crippen molar-refractivity contribution in [2.45, 2.75) is 50.7 Å². The summed E-state index contributed by atoms with van der Waals surface area (Å²) in [4.78, 5) is 20.5. The predicted octanol–water partition coefficient (Wildman–Crippen LogP) is 5.10. The fourth-order valence-corrected chi connectivity index (χ4v) is 6.99. The van der Waals surface area contributed by atoms with Gasteiger partial charge in [-0.3, -0.25) is 9.36 Å². The van der Waals surface area contributed by atoms with Crippen molar-refractivity contribution >= 4 is 21.6 Å². The highest BCUT2D eigenvalue weighted by Crippen LogP contribution is 2.35. The van der Waals surface area contributed by atoms with E-state index in [1.807, 2.05) is 41.0 Å². The average Bonchev–Trinajstić information content (AvgIpc) is 3.64. The number of nitrogens with one attached hydrogen (secondary N) is 1. The molecule has 5 aromatic rings. The van der Waals surface area contributed by atoms with Gasteiger partial charge in [-0.05, 0) is 48.8 Å². The normalized spacial score (nSPS) is 17.4. The summed E-state index contributed by atoms with van der Waals surface area (Å²) >= 11 is 1.68. The molecule has 0 saturated carbocycles. The number of thiophene rings is 1. The Morgan fingerprint density at radius 3 is 2.61 bits per heavy atom. The molecule has 0 radical (unpaired) electrons. The Morgan fingerprint density at radius 2 is 1.81 bits per heavy atom. The van der Waals surface area contributed by atoms with Crippen molar-refractivity contribution in [2.24, 2.45) is 0 Å². The third-order valence-corrected chi connectivity index (χ3v) is 8.77. The summed E-state index contributed by atoms with van der Waals surface area (Å²) in [5.41, 5.74) is 5.96. The van der Waals surface area contributed by atoms with Crippen molar-refractivity contribution in [2.75, 3.05) is 0 Å². The van der Waals surface area contributed by atoms with Crippen molar-refractivity contribution < 1.29 is 4.52 Å². The number of benzene rings is 2. The molecular formula is C29H26N4O2S. The molecule has 3 heterocycles. The summed E-state index contributed by atoms with van der Waals surface area (Å²) in [5, 5.41) is 8.73. The lowest BCUT2D eigenvalue weighted by Gasteiger charge is -2.23. The number of hydrogen-bond donors (Lipinski definition) is 1. The van der Waals surface area contributed by atoms with Gasteiger partial charge in [-0.25, -0.2) is 4.98 Å². The molecule has 1 atom stereocenters. The second-order valence-electron chi connectivity index (χ2n) is 9.84. The van der Waals surface area contributed by atoms with Crippen LogP contribution in [-0.4, -0.2) is 20.7 Å². The molecule has 0 fully saturated rings. The first-order chi connectivity index (χ1) is 17.7. The number of rotatable bonds is 5. The zero-order valence-electron chi connectivity index (χ0n) is 19.8. The smallest absolute Gasteiger partial charge is 0.262 e. The molecule has 7 rings (SSSR count). The molecule has 36 heavy (non-hydrogen) atoms. The van der Waals surface area contributed by atoms with Crippen LogP contribution >= 0.6 is 11.3 Å². The van der Waals surface area contributed by atoms with E-state index in [4.69, 9.17) is 9.51 Å². The largest absolute Gasteiger partial charge is 0.356 e. The van der Waals surface area contributed by atoms with Crippen LogP contribution in [0.2, 0.25) is 0 Å². The molecule has 0 spiro atoms. The van der Waals surface area contributed by atoms with Crippen molar-refractivity contribution in [1.29, 1.82) is 0 Å². The van der Waals surface area contributed by atoms with Crippen LogP contribution in [0.15, 0.2) is 76.3 Å². The molecular weight excluding hydrogens is 468 g/mol. The Kier molecular flexibility index (Phi) is 5.33. The number of hydrogen-bond acceptors (Lipinski definition) is 6. The van der Waals surface area contributed by atoms with E-state index < -0.39 is 0 Å². The van der Waals surface area contributed by atoms with Gasteiger partial charge in [0, 0.05) is 35.1 Å². The van der Waals surface area contributed by atoms with Crippen LogP contribution in [-0.2, 0) is 32.2 Å². The molecule has 0 bridgehead atoms. The molecule has 7 heteroatoms. The van der Waals surface area contributed by atoms with Crippen LogP contribution in [0.4, 0.5) is 0 Å². The Bertz CT molecular complexity index is 1590. The molecule has 0 amide bonds. The summed E-state index contributed by atoms with van der Waals surface area (Å²) in [6, 6.07) is 21.0. The van der Waals surface area contributed by atoms with Crippen molar-refractivity contribution in [1.82, 2.24) is 20.0 Å². The van der Waals surface area contributed by atoms with Crippen molar-refractivity contribution in [3.8, 4) is 11.3 Å². The molecule has 2 aromatic carbocycles. The monoisotopic (exact) mass is 494 g/mol. The Morgan fingerprint density at radius 1 is 1.03 bits per heavy atom. The first kappa shape index (κ1) is 21.7. The highest BCUT2D eigenvalue weighted by Gasteiger charge is 2.28.